The molecule has 81 heavy (non-hydrogen) atoms. The number of carbonyl (C=O) groups excluding carboxylic acids is 1. The van der Waals surface area contributed by atoms with E-state index < -0.39 is 49.5 Å². The van der Waals surface area contributed by atoms with Crippen LogP contribution in [-0.4, -0.2) is 87.5 Å². The fraction of sp³-hybridized carbons (Fsp3) is 0.736. The molecule has 1 amide bonds. The van der Waals surface area contributed by atoms with Gasteiger partial charge in [-0.05, 0) is 89.9 Å². The normalized spacial score (nSPS) is 19.1. The summed E-state index contributed by atoms with van der Waals surface area (Å²) in [6, 6.07) is -0.850. The van der Waals surface area contributed by atoms with Gasteiger partial charge in [-0.25, -0.2) is 0 Å². The van der Waals surface area contributed by atoms with E-state index in [4.69, 9.17) is 9.47 Å². The van der Waals surface area contributed by atoms with Crippen LogP contribution in [0.15, 0.2) is 109 Å². The van der Waals surface area contributed by atoms with Crippen LogP contribution in [0, 0.1) is 0 Å². The number of ether oxygens (including phenoxy) is 2. The smallest absolute Gasteiger partial charge is 0.220 e. The van der Waals surface area contributed by atoms with Gasteiger partial charge in [0.05, 0.1) is 25.4 Å². The van der Waals surface area contributed by atoms with Crippen molar-refractivity contribution in [3.63, 3.8) is 0 Å². The molecule has 1 saturated heterocycles. The molecule has 0 aromatic carbocycles. The lowest BCUT2D eigenvalue weighted by molar-refractivity contribution is -0.302. The second kappa shape index (κ2) is 60.0. The van der Waals surface area contributed by atoms with E-state index in [1.165, 1.54) is 173 Å². The molecular weight excluding hydrogens is 1010 g/mol. The van der Waals surface area contributed by atoms with Gasteiger partial charge in [0.15, 0.2) is 6.29 Å². The molecule has 0 saturated carbocycles. The Morgan fingerprint density at radius 1 is 0.432 bits per heavy atom. The van der Waals surface area contributed by atoms with Gasteiger partial charge in [-0.2, -0.15) is 0 Å². The second-order valence-electron chi connectivity index (χ2n) is 22.9. The Morgan fingerprint density at radius 2 is 0.778 bits per heavy atom. The molecule has 1 rings (SSSR count). The van der Waals surface area contributed by atoms with Gasteiger partial charge in [-0.3, -0.25) is 4.79 Å². The van der Waals surface area contributed by atoms with Gasteiger partial charge in [0.25, 0.3) is 0 Å². The van der Waals surface area contributed by atoms with E-state index in [9.17, 15) is 30.3 Å². The third-order valence-electron chi connectivity index (χ3n) is 15.3. The first kappa shape index (κ1) is 75.9. The van der Waals surface area contributed by atoms with Crippen LogP contribution in [0.3, 0.4) is 0 Å². The van der Waals surface area contributed by atoms with E-state index in [1.807, 2.05) is 6.08 Å². The van der Waals surface area contributed by atoms with E-state index in [0.29, 0.717) is 12.8 Å². The quantitative estimate of drug-likeness (QED) is 0.0261. The lowest BCUT2D eigenvalue weighted by Gasteiger charge is -2.40. The lowest BCUT2D eigenvalue weighted by Crippen LogP contribution is -2.60. The van der Waals surface area contributed by atoms with Crippen molar-refractivity contribution in [1.82, 2.24) is 5.32 Å². The average molecular weight is 1130 g/mol. The Labute approximate surface area is 497 Å². The first-order valence-electron chi connectivity index (χ1n) is 33.6. The van der Waals surface area contributed by atoms with Gasteiger partial charge >= 0.3 is 0 Å². The molecule has 6 N–H and O–H groups in total. The van der Waals surface area contributed by atoms with Gasteiger partial charge in [0, 0.05) is 6.42 Å². The predicted molar refractivity (Wildman–Crippen MR) is 345 cm³/mol. The molecule has 0 aromatic rings. The summed E-state index contributed by atoms with van der Waals surface area (Å²) in [5.41, 5.74) is 0. The molecule has 0 spiro atoms. The number of unbranched alkanes of at least 4 members (excludes halogenated alkanes) is 31. The second-order valence-corrected chi connectivity index (χ2v) is 22.9. The molecule has 0 bridgehead atoms. The number of rotatable bonds is 57. The molecule has 466 valence electrons. The Morgan fingerprint density at radius 3 is 1.19 bits per heavy atom. The molecule has 0 aliphatic carbocycles. The zero-order chi connectivity index (χ0) is 58.6. The number of amides is 1. The van der Waals surface area contributed by atoms with E-state index in [0.717, 1.165) is 83.5 Å². The van der Waals surface area contributed by atoms with Crippen molar-refractivity contribution in [2.45, 2.75) is 326 Å². The van der Waals surface area contributed by atoms with E-state index in [1.54, 1.807) is 6.08 Å². The molecule has 0 radical (unpaired) electrons. The number of aliphatic hydroxyl groups is 5. The monoisotopic (exact) mass is 1130 g/mol. The minimum atomic E-state index is -1.59. The van der Waals surface area contributed by atoms with Crippen LogP contribution in [0.2, 0.25) is 0 Å². The van der Waals surface area contributed by atoms with E-state index in [-0.39, 0.29) is 12.5 Å². The highest BCUT2D eigenvalue weighted by Gasteiger charge is 2.44. The van der Waals surface area contributed by atoms with Gasteiger partial charge in [-0.1, -0.05) is 297 Å². The largest absolute Gasteiger partial charge is 0.394 e. The number of hydrogen-bond acceptors (Lipinski definition) is 8. The third kappa shape index (κ3) is 48.9. The molecule has 1 fully saturated rings. The molecule has 0 aromatic heterocycles. The summed E-state index contributed by atoms with van der Waals surface area (Å²) in [4.78, 5) is 13.1. The van der Waals surface area contributed by atoms with Crippen molar-refractivity contribution in [1.29, 1.82) is 0 Å². The fourth-order valence-corrected chi connectivity index (χ4v) is 10.1. The Bertz CT molecular complexity index is 1640. The number of nitrogens with one attached hydrogen (secondary N) is 1. The topological polar surface area (TPSA) is 149 Å². The van der Waals surface area contributed by atoms with Crippen molar-refractivity contribution in [2.24, 2.45) is 0 Å². The highest BCUT2D eigenvalue weighted by Crippen LogP contribution is 2.23. The highest BCUT2D eigenvalue weighted by molar-refractivity contribution is 5.76. The maximum absolute atomic E-state index is 13.1. The first-order chi connectivity index (χ1) is 39.8. The fourth-order valence-electron chi connectivity index (χ4n) is 10.1. The predicted octanol–water partition coefficient (Wildman–Crippen LogP) is 18.1. The summed E-state index contributed by atoms with van der Waals surface area (Å²) in [5.74, 6) is -0.220. The van der Waals surface area contributed by atoms with Gasteiger partial charge in [0.2, 0.25) is 5.91 Å². The summed E-state index contributed by atoms with van der Waals surface area (Å²) in [7, 11) is 0. The molecule has 1 aliphatic heterocycles. The molecular formula is C72H125NO8. The number of allylic oxidation sites excluding steroid dienone is 17. The zero-order valence-electron chi connectivity index (χ0n) is 52.0. The van der Waals surface area contributed by atoms with Crippen LogP contribution in [0.25, 0.3) is 0 Å². The Hall–Kier alpha value is -3.15. The van der Waals surface area contributed by atoms with Crippen LogP contribution >= 0.6 is 0 Å². The molecule has 1 heterocycles. The maximum atomic E-state index is 13.1. The maximum Gasteiger partial charge on any atom is 0.220 e. The van der Waals surface area contributed by atoms with Crippen LogP contribution in [-0.2, 0) is 14.3 Å². The van der Waals surface area contributed by atoms with Crippen molar-refractivity contribution in [3.8, 4) is 0 Å². The van der Waals surface area contributed by atoms with Crippen molar-refractivity contribution >= 4 is 5.91 Å². The average Bonchev–Trinajstić information content (AvgIpc) is 3.49. The summed E-state index contributed by atoms with van der Waals surface area (Å²) in [5, 5.41) is 54.6. The van der Waals surface area contributed by atoms with Crippen LogP contribution < -0.4 is 5.32 Å². The molecule has 9 nitrogen and oxygen atoms in total. The molecule has 1 aliphatic rings. The molecule has 7 atom stereocenters. The van der Waals surface area contributed by atoms with E-state index in [2.05, 4.69) is 116 Å². The summed E-state index contributed by atoms with van der Waals surface area (Å²) >= 11 is 0. The third-order valence-corrected chi connectivity index (χ3v) is 15.3. The van der Waals surface area contributed by atoms with Crippen LogP contribution in [0.4, 0.5) is 0 Å². The van der Waals surface area contributed by atoms with Crippen molar-refractivity contribution < 1.29 is 39.8 Å². The highest BCUT2D eigenvalue weighted by atomic mass is 16.7. The standard InChI is InChI=1S/C72H125NO8/c1-3-5-7-9-11-13-15-17-19-21-23-25-27-29-30-31-32-33-34-35-36-38-39-41-43-45-47-49-51-53-55-57-59-61-66(75)65(64-80-72-71(79)70(78)69(77)67(63-74)81-72)73-68(76)62-60-58-56-54-52-50-48-46-44-42-40-37-28-26-24-22-20-18-16-14-12-10-8-6-4-2/h6,8,12,14,18,20,24,26,37,40,44,46,50-53,59,61,65-67,69-72,74-75,77-79H,3-5,7,9-11,13,15-17,19,21-23,25,27-36,38-39,41-43,45,47-49,54-58,60,62-64H2,1-2H3,(H,73,76)/b8-6-,14-12-,20-18-,26-24-,40-37-,46-44-,52-50-,53-51+,61-59+. The summed E-state index contributed by atoms with van der Waals surface area (Å²) < 4.78 is 11.3. The summed E-state index contributed by atoms with van der Waals surface area (Å²) in [6.07, 6.45) is 81.9. The zero-order valence-corrected chi connectivity index (χ0v) is 52.0. The minimum Gasteiger partial charge on any atom is -0.394 e. The van der Waals surface area contributed by atoms with E-state index >= 15 is 0 Å². The number of aliphatic hydroxyl groups excluding tert-OH is 5. The molecule has 9 heteroatoms. The molecule has 7 unspecified atom stereocenters. The Balaban J connectivity index is 2.21. The number of hydrogen-bond donors (Lipinski definition) is 6. The lowest BCUT2D eigenvalue weighted by atomic mass is 9.99. The summed E-state index contributed by atoms with van der Waals surface area (Å²) in [6.45, 7) is 3.65. The Kier molecular flexibility index (Phi) is 56.2. The van der Waals surface area contributed by atoms with Gasteiger partial charge in [0.1, 0.15) is 24.4 Å². The van der Waals surface area contributed by atoms with Gasteiger partial charge < -0.3 is 40.3 Å². The van der Waals surface area contributed by atoms with Crippen molar-refractivity contribution in [3.05, 3.63) is 109 Å². The number of carbonyl (C=O) groups is 1. The van der Waals surface area contributed by atoms with Crippen molar-refractivity contribution in [2.75, 3.05) is 13.2 Å². The minimum absolute atomic E-state index is 0.220. The SMILES string of the molecule is CC/C=C\C/C=C\C/C=C\C/C=C\C/C=C\C/C=C\C/C=C\CCCCCC(=O)NC(COC1OC(CO)C(O)C(O)C1O)C(O)/C=C/CC/C=C/CCCCCCCCCCCCCCCCCCCCCCCCCCCCC. The first-order valence-corrected chi connectivity index (χ1v) is 33.6. The van der Waals surface area contributed by atoms with Gasteiger partial charge in [-0.15, -0.1) is 0 Å². The van der Waals surface area contributed by atoms with Crippen LogP contribution in [0.5, 0.6) is 0 Å². The van der Waals surface area contributed by atoms with Crippen LogP contribution in [0.1, 0.15) is 284 Å².